The molecule has 9 heteroatoms. The number of aromatic amines is 1. The highest BCUT2D eigenvalue weighted by Gasteiger charge is 2.17. The third-order valence-corrected chi connectivity index (χ3v) is 5.84. The molecule has 1 aliphatic rings. The van der Waals surface area contributed by atoms with E-state index in [-0.39, 0.29) is 5.82 Å². The number of likely N-dealkylation sites (N-methyl/N-ethyl adjacent to an activating group) is 1. The smallest absolute Gasteiger partial charge is 0.413 e. The molecule has 0 radical (unpaired) electrons. The van der Waals surface area contributed by atoms with Crippen LogP contribution in [0, 0.1) is 5.82 Å². The number of fused-ring (bicyclic) bond motifs is 1. The van der Waals surface area contributed by atoms with Crippen LogP contribution in [0.2, 0.25) is 0 Å². The monoisotopic (exact) mass is 415 g/mol. The second kappa shape index (κ2) is 8.30. The predicted molar refractivity (Wildman–Crippen MR) is 112 cm³/mol. The Kier molecular flexibility index (Phi) is 5.59. The van der Waals surface area contributed by atoms with Crippen LogP contribution < -0.4 is 10.2 Å². The summed E-state index contributed by atoms with van der Waals surface area (Å²) in [5.41, 5.74) is 2.15. The highest BCUT2D eigenvalue weighted by molar-refractivity contribution is 7.99. The van der Waals surface area contributed by atoms with Gasteiger partial charge in [-0.25, -0.2) is 14.2 Å². The number of carbonyl (C=O) groups is 1. The molecule has 152 valence electrons. The fourth-order valence-corrected chi connectivity index (χ4v) is 4.12. The lowest BCUT2D eigenvalue weighted by atomic mass is 10.2. The summed E-state index contributed by atoms with van der Waals surface area (Å²) in [7, 11) is 3.37. The minimum atomic E-state index is -0.588. The van der Waals surface area contributed by atoms with Gasteiger partial charge >= 0.3 is 6.09 Å². The van der Waals surface area contributed by atoms with Gasteiger partial charge in [-0.1, -0.05) is 11.8 Å². The van der Waals surface area contributed by atoms with E-state index in [4.69, 9.17) is 0 Å². The highest BCUT2D eigenvalue weighted by atomic mass is 32.2. The number of amides is 1. The summed E-state index contributed by atoms with van der Waals surface area (Å²) in [6, 6.07) is 11.1. The SMILES string of the molecule is COC(=O)Nc1nc2cc(Sc3ccc(N4CCN(C)CC4)c(F)c3)ccc2[nH]1. The van der Waals surface area contributed by atoms with Gasteiger partial charge in [-0.15, -0.1) is 0 Å². The Morgan fingerprint density at radius 2 is 1.90 bits per heavy atom. The Morgan fingerprint density at radius 1 is 1.17 bits per heavy atom. The third-order valence-electron chi connectivity index (χ3n) is 4.86. The van der Waals surface area contributed by atoms with Gasteiger partial charge < -0.3 is 19.5 Å². The maximum Gasteiger partial charge on any atom is 0.413 e. The molecule has 4 rings (SSSR count). The summed E-state index contributed by atoms with van der Waals surface area (Å²) in [4.78, 5) is 24.8. The fourth-order valence-electron chi connectivity index (χ4n) is 3.25. The molecule has 0 saturated carbocycles. The van der Waals surface area contributed by atoms with Crippen molar-refractivity contribution in [3.05, 3.63) is 42.2 Å². The lowest BCUT2D eigenvalue weighted by molar-refractivity contribution is 0.186. The molecule has 3 aromatic rings. The predicted octanol–water partition coefficient (Wildman–Crippen LogP) is 3.78. The molecule has 1 fully saturated rings. The molecule has 2 N–H and O–H groups in total. The minimum Gasteiger partial charge on any atom is -0.453 e. The van der Waals surface area contributed by atoms with Crippen LogP contribution in [-0.2, 0) is 4.74 Å². The standard InChI is InChI=1S/C20H22FN5O2S/c1-25-7-9-26(10-8-25)18-6-4-13(11-15(18)21)29-14-3-5-16-17(12-14)23-19(22-16)24-20(27)28-2/h3-6,11-12H,7-10H2,1-2H3,(H2,22,23,24,27). The van der Waals surface area contributed by atoms with Gasteiger partial charge in [0, 0.05) is 36.0 Å². The normalized spacial score (nSPS) is 14.9. The number of aromatic nitrogens is 2. The van der Waals surface area contributed by atoms with E-state index in [1.165, 1.54) is 18.9 Å². The number of imidazole rings is 1. The molecule has 29 heavy (non-hydrogen) atoms. The van der Waals surface area contributed by atoms with Crippen molar-refractivity contribution in [2.24, 2.45) is 0 Å². The van der Waals surface area contributed by atoms with Gasteiger partial charge in [0.15, 0.2) is 0 Å². The van der Waals surface area contributed by atoms with Crippen LogP contribution in [0.4, 0.5) is 20.8 Å². The van der Waals surface area contributed by atoms with Gasteiger partial charge in [-0.05, 0) is 43.4 Å². The molecule has 0 unspecified atom stereocenters. The molecule has 7 nitrogen and oxygen atoms in total. The first-order valence-corrected chi connectivity index (χ1v) is 10.1. The molecule has 0 aliphatic carbocycles. The average Bonchev–Trinajstić information content (AvgIpc) is 3.10. The number of hydrogen-bond donors (Lipinski definition) is 2. The minimum absolute atomic E-state index is 0.204. The van der Waals surface area contributed by atoms with E-state index in [2.05, 4.69) is 36.9 Å². The third kappa shape index (κ3) is 4.46. The number of halogens is 1. The lowest BCUT2D eigenvalue weighted by Crippen LogP contribution is -2.44. The van der Waals surface area contributed by atoms with Crippen molar-refractivity contribution in [1.82, 2.24) is 14.9 Å². The molecule has 2 heterocycles. The first-order chi connectivity index (χ1) is 14.0. The van der Waals surface area contributed by atoms with Crippen LogP contribution in [0.3, 0.4) is 0 Å². The van der Waals surface area contributed by atoms with Gasteiger partial charge in [0.25, 0.3) is 0 Å². The van der Waals surface area contributed by atoms with Crippen molar-refractivity contribution >= 4 is 40.5 Å². The highest BCUT2D eigenvalue weighted by Crippen LogP contribution is 2.33. The van der Waals surface area contributed by atoms with Crippen molar-refractivity contribution in [2.45, 2.75) is 9.79 Å². The Labute approximate surface area is 172 Å². The van der Waals surface area contributed by atoms with Gasteiger partial charge in [0.2, 0.25) is 5.95 Å². The van der Waals surface area contributed by atoms with Crippen molar-refractivity contribution in [3.8, 4) is 0 Å². The number of hydrogen-bond acceptors (Lipinski definition) is 6. The zero-order chi connectivity index (χ0) is 20.4. The zero-order valence-corrected chi connectivity index (χ0v) is 17.1. The number of piperazine rings is 1. The summed E-state index contributed by atoms with van der Waals surface area (Å²) in [5, 5.41) is 2.51. The van der Waals surface area contributed by atoms with Gasteiger partial charge in [-0.2, -0.15) is 0 Å². The Hall–Kier alpha value is -2.78. The van der Waals surface area contributed by atoms with E-state index in [1.54, 1.807) is 6.07 Å². The molecular formula is C20H22FN5O2S. The van der Waals surface area contributed by atoms with Gasteiger partial charge in [0.1, 0.15) is 5.82 Å². The number of carbonyl (C=O) groups excluding carboxylic acids is 1. The van der Waals surface area contributed by atoms with Crippen LogP contribution in [0.5, 0.6) is 0 Å². The number of anilines is 2. The van der Waals surface area contributed by atoms with Crippen LogP contribution >= 0.6 is 11.8 Å². The number of H-pyrrole nitrogens is 1. The molecule has 0 bridgehead atoms. The molecular weight excluding hydrogens is 393 g/mol. The second-order valence-corrected chi connectivity index (χ2v) is 8.03. The van der Waals surface area contributed by atoms with Crippen LogP contribution in [-0.4, -0.2) is 61.3 Å². The quantitative estimate of drug-likeness (QED) is 0.676. The molecule has 1 amide bonds. The summed E-state index contributed by atoms with van der Waals surface area (Å²) in [5.74, 6) is 0.113. The number of rotatable bonds is 4. The lowest BCUT2D eigenvalue weighted by Gasteiger charge is -2.34. The van der Waals surface area contributed by atoms with Gasteiger partial charge in [-0.3, -0.25) is 5.32 Å². The first kappa shape index (κ1) is 19.5. The van der Waals surface area contributed by atoms with Crippen LogP contribution in [0.25, 0.3) is 11.0 Å². The molecule has 1 saturated heterocycles. The summed E-state index contributed by atoms with van der Waals surface area (Å²) in [6.07, 6.45) is -0.588. The number of nitrogens with zero attached hydrogens (tertiary/aromatic N) is 3. The van der Waals surface area contributed by atoms with Crippen LogP contribution in [0.15, 0.2) is 46.2 Å². The van der Waals surface area contributed by atoms with E-state index in [0.717, 1.165) is 41.5 Å². The number of benzene rings is 2. The van der Waals surface area contributed by atoms with Gasteiger partial charge in [0.05, 0.1) is 23.8 Å². The van der Waals surface area contributed by atoms with Crippen molar-refractivity contribution in [3.63, 3.8) is 0 Å². The van der Waals surface area contributed by atoms with E-state index in [9.17, 15) is 9.18 Å². The summed E-state index contributed by atoms with van der Waals surface area (Å²) in [6.45, 7) is 3.54. The van der Waals surface area contributed by atoms with E-state index >= 15 is 0 Å². The molecule has 0 atom stereocenters. The largest absolute Gasteiger partial charge is 0.453 e. The number of methoxy groups -OCH3 is 1. The van der Waals surface area contributed by atoms with E-state index in [1.807, 2.05) is 30.3 Å². The zero-order valence-electron chi connectivity index (χ0n) is 16.2. The van der Waals surface area contributed by atoms with E-state index < -0.39 is 6.09 Å². The second-order valence-electron chi connectivity index (χ2n) is 6.89. The molecule has 2 aromatic carbocycles. The number of ether oxygens (including phenoxy) is 1. The molecule has 1 aliphatic heterocycles. The number of nitrogens with one attached hydrogen (secondary N) is 2. The molecule has 1 aromatic heterocycles. The first-order valence-electron chi connectivity index (χ1n) is 9.27. The maximum absolute atomic E-state index is 14.7. The van der Waals surface area contributed by atoms with Crippen molar-refractivity contribution < 1.29 is 13.9 Å². The summed E-state index contributed by atoms with van der Waals surface area (Å²) >= 11 is 1.47. The van der Waals surface area contributed by atoms with Crippen molar-refractivity contribution in [2.75, 3.05) is 50.6 Å². The average molecular weight is 415 g/mol. The van der Waals surface area contributed by atoms with E-state index in [0.29, 0.717) is 17.2 Å². The Balaban J connectivity index is 1.49. The Morgan fingerprint density at radius 3 is 2.62 bits per heavy atom. The Bertz CT molecular complexity index is 1030. The maximum atomic E-state index is 14.7. The fraction of sp³-hybridized carbons (Fsp3) is 0.300. The summed E-state index contributed by atoms with van der Waals surface area (Å²) < 4.78 is 19.3. The molecule has 0 spiro atoms. The van der Waals surface area contributed by atoms with Crippen LogP contribution in [0.1, 0.15) is 0 Å². The van der Waals surface area contributed by atoms with Crippen molar-refractivity contribution in [1.29, 1.82) is 0 Å². The topological polar surface area (TPSA) is 73.5 Å².